The van der Waals surface area contributed by atoms with Gasteiger partial charge in [-0.25, -0.2) is 13.2 Å². The van der Waals surface area contributed by atoms with Gasteiger partial charge >= 0.3 is 5.97 Å². The first-order valence-corrected chi connectivity index (χ1v) is 10.0. The van der Waals surface area contributed by atoms with E-state index in [1.165, 1.54) is 12.3 Å². The van der Waals surface area contributed by atoms with E-state index in [0.29, 0.717) is 23.7 Å². The molecule has 26 heavy (non-hydrogen) atoms. The molecule has 1 aliphatic heterocycles. The first-order chi connectivity index (χ1) is 12.4. The summed E-state index contributed by atoms with van der Waals surface area (Å²) in [6.07, 6.45) is 1.28. The second kappa shape index (κ2) is 7.13. The number of carbonyl (C=O) groups is 1. The number of halogens is 1. The van der Waals surface area contributed by atoms with Crippen LogP contribution in [-0.2, 0) is 19.4 Å². The molecular weight excluding hydrogens is 422 g/mol. The molecule has 136 valence electrons. The highest BCUT2D eigenvalue weighted by Crippen LogP contribution is 2.41. The Kier molecular flexibility index (Phi) is 5.06. The fourth-order valence-electron chi connectivity index (χ4n) is 2.63. The molecule has 0 fully saturated rings. The molecule has 0 aromatic heterocycles. The van der Waals surface area contributed by atoms with E-state index in [1.54, 1.807) is 41.3 Å². The van der Waals surface area contributed by atoms with Crippen LogP contribution < -0.4 is 9.64 Å². The lowest BCUT2D eigenvalue weighted by Gasteiger charge is -2.28. The molecule has 1 heterocycles. The SMILES string of the molecule is CCOc1ccc(N2C=C(C(=O)OC)S(=O)(=O)c3ccc(Br)cc32)cc1. The smallest absolute Gasteiger partial charge is 0.351 e. The van der Waals surface area contributed by atoms with Gasteiger partial charge in [0.25, 0.3) is 0 Å². The van der Waals surface area contributed by atoms with Crippen LogP contribution in [0.4, 0.5) is 11.4 Å². The number of anilines is 2. The summed E-state index contributed by atoms with van der Waals surface area (Å²) in [4.78, 5) is 13.3. The van der Waals surface area contributed by atoms with E-state index in [1.807, 2.05) is 6.92 Å². The Labute approximate surface area is 160 Å². The van der Waals surface area contributed by atoms with E-state index in [0.717, 1.165) is 11.6 Å². The van der Waals surface area contributed by atoms with Gasteiger partial charge in [0, 0.05) is 16.4 Å². The minimum atomic E-state index is -3.97. The Morgan fingerprint density at radius 3 is 2.46 bits per heavy atom. The zero-order valence-electron chi connectivity index (χ0n) is 14.1. The van der Waals surface area contributed by atoms with Crippen LogP contribution in [0.5, 0.6) is 5.75 Å². The van der Waals surface area contributed by atoms with Crippen molar-refractivity contribution in [3.05, 3.63) is 58.0 Å². The zero-order valence-corrected chi connectivity index (χ0v) is 16.5. The lowest BCUT2D eigenvalue weighted by atomic mass is 10.2. The van der Waals surface area contributed by atoms with Gasteiger partial charge in [0.15, 0.2) is 4.91 Å². The van der Waals surface area contributed by atoms with Gasteiger partial charge in [-0.1, -0.05) is 15.9 Å². The second-order valence-electron chi connectivity index (χ2n) is 5.40. The monoisotopic (exact) mass is 437 g/mol. The Morgan fingerprint density at radius 1 is 1.15 bits per heavy atom. The van der Waals surface area contributed by atoms with Crippen LogP contribution in [0.3, 0.4) is 0 Å². The topological polar surface area (TPSA) is 72.9 Å². The van der Waals surface area contributed by atoms with Crippen molar-refractivity contribution < 1.29 is 22.7 Å². The number of hydrogen-bond acceptors (Lipinski definition) is 6. The van der Waals surface area contributed by atoms with E-state index >= 15 is 0 Å². The summed E-state index contributed by atoms with van der Waals surface area (Å²) >= 11 is 3.36. The minimum absolute atomic E-state index is 0.0393. The fourth-order valence-corrected chi connectivity index (χ4v) is 4.44. The lowest BCUT2D eigenvalue weighted by molar-refractivity contribution is -0.135. The maximum absolute atomic E-state index is 12.8. The van der Waals surface area contributed by atoms with Crippen LogP contribution in [0.25, 0.3) is 0 Å². The van der Waals surface area contributed by atoms with Crippen LogP contribution in [0, 0.1) is 0 Å². The summed E-state index contributed by atoms with van der Waals surface area (Å²) in [5.41, 5.74) is 1.13. The highest BCUT2D eigenvalue weighted by atomic mass is 79.9. The zero-order chi connectivity index (χ0) is 18.9. The van der Waals surface area contributed by atoms with E-state index in [9.17, 15) is 13.2 Å². The van der Waals surface area contributed by atoms with E-state index in [2.05, 4.69) is 20.7 Å². The van der Waals surface area contributed by atoms with Crippen molar-refractivity contribution in [3.63, 3.8) is 0 Å². The van der Waals surface area contributed by atoms with Gasteiger partial charge in [0.1, 0.15) is 5.75 Å². The molecule has 2 aromatic carbocycles. The third kappa shape index (κ3) is 3.22. The van der Waals surface area contributed by atoms with Crippen molar-refractivity contribution in [3.8, 4) is 5.75 Å². The number of fused-ring (bicyclic) bond motifs is 1. The van der Waals surface area contributed by atoms with Crippen LogP contribution in [0.1, 0.15) is 6.92 Å². The molecule has 3 rings (SSSR count). The predicted molar refractivity (Wildman–Crippen MR) is 101 cm³/mol. The molecule has 0 bridgehead atoms. The number of rotatable bonds is 4. The van der Waals surface area contributed by atoms with Gasteiger partial charge in [-0.3, -0.25) is 0 Å². The number of ether oxygens (including phenoxy) is 2. The predicted octanol–water partition coefficient (Wildman–Crippen LogP) is 3.79. The number of sulfone groups is 1. The van der Waals surface area contributed by atoms with Crippen molar-refractivity contribution in [2.75, 3.05) is 18.6 Å². The molecule has 0 saturated heterocycles. The number of methoxy groups -OCH3 is 1. The quantitative estimate of drug-likeness (QED) is 0.677. The van der Waals surface area contributed by atoms with Gasteiger partial charge in [-0.05, 0) is 49.4 Å². The van der Waals surface area contributed by atoms with Gasteiger partial charge in [0.05, 0.1) is 24.3 Å². The Balaban J connectivity index is 2.19. The number of esters is 1. The van der Waals surface area contributed by atoms with Crippen molar-refractivity contribution in [1.82, 2.24) is 0 Å². The van der Waals surface area contributed by atoms with Crippen LogP contribution in [-0.4, -0.2) is 28.1 Å². The first-order valence-electron chi connectivity index (χ1n) is 7.75. The highest BCUT2D eigenvalue weighted by molar-refractivity contribution is 9.10. The molecule has 0 saturated carbocycles. The first kappa shape index (κ1) is 18.5. The number of carbonyl (C=O) groups excluding carboxylic acids is 1. The molecular formula is C18H16BrNO5S. The fraction of sp³-hybridized carbons (Fsp3) is 0.167. The Hall–Kier alpha value is -2.32. The Morgan fingerprint density at radius 2 is 1.85 bits per heavy atom. The number of hydrogen-bond donors (Lipinski definition) is 0. The van der Waals surface area contributed by atoms with Crippen LogP contribution >= 0.6 is 15.9 Å². The molecule has 0 spiro atoms. The van der Waals surface area contributed by atoms with Crippen molar-refractivity contribution in [1.29, 1.82) is 0 Å². The average molecular weight is 438 g/mol. The summed E-state index contributed by atoms with van der Waals surface area (Å²) in [6, 6.07) is 11.9. The summed E-state index contributed by atoms with van der Waals surface area (Å²) in [7, 11) is -2.82. The molecule has 0 amide bonds. The van der Waals surface area contributed by atoms with Crippen molar-refractivity contribution in [2.24, 2.45) is 0 Å². The number of benzene rings is 2. The average Bonchev–Trinajstić information content (AvgIpc) is 2.62. The highest BCUT2D eigenvalue weighted by Gasteiger charge is 2.36. The standard InChI is InChI=1S/C18H16BrNO5S/c1-3-25-14-7-5-13(6-8-14)20-11-17(18(21)24-2)26(22,23)16-9-4-12(19)10-15(16)20/h4-11H,3H2,1-2H3. The molecule has 6 nitrogen and oxygen atoms in total. The maximum atomic E-state index is 12.8. The van der Waals surface area contributed by atoms with Gasteiger partial charge in [-0.15, -0.1) is 0 Å². The molecule has 0 radical (unpaired) electrons. The molecule has 1 aliphatic rings. The summed E-state index contributed by atoms with van der Waals surface area (Å²) in [5.74, 6) is -0.206. The molecule has 2 aromatic rings. The normalized spacial score (nSPS) is 15.0. The summed E-state index contributed by atoms with van der Waals surface area (Å²) < 4.78 is 36.4. The molecule has 0 atom stereocenters. The molecule has 0 aliphatic carbocycles. The van der Waals surface area contributed by atoms with Crippen LogP contribution in [0.15, 0.2) is 62.9 Å². The molecule has 0 N–H and O–H groups in total. The van der Waals surface area contributed by atoms with E-state index in [4.69, 9.17) is 4.74 Å². The van der Waals surface area contributed by atoms with Crippen molar-refractivity contribution >= 4 is 43.1 Å². The molecule has 8 heteroatoms. The van der Waals surface area contributed by atoms with E-state index in [-0.39, 0.29) is 4.90 Å². The third-order valence-corrected chi connectivity index (χ3v) is 6.09. The summed E-state index contributed by atoms with van der Waals surface area (Å²) in [5, 5.41) is 0. The lowest BCUT2D eigenvalue weighted by Crippen LogP contribution is -2.26. The summed E-state index contributed by atoms with van der Waals surface area (Å²) in [6.45, 7) is 2.44. The molecule has 0 unspecified atom stereocenters. The Bertz CT molecular complexity index is 983. The maximum Gasteiger partial charge on any atom is 0.351 e. The third-order valence-electron chi connectivity index (χ3n) is 3.82. The minimum Gasteiger partial charge on any atom is -0.494 e. The van der Waals surface area contributed by atoms with E-state index < -0.39 is 20.7 Å². The van der Waals surface area contributed by atoms with Crippen LogP contribution in [0.2, 0.25) is 0 Å². The van der Waals surface area contributed by atoms with Gasteiger partial charge in [0.2, 0.25) is 9.84 Å². The largest absolute Gasteiger partial charge is 0.494 e. The van der Waals surface area contributed by atoms with Gasteiger partial charge in [-0.2, -0.15) is 0 Å². The second-order valence-corrected chi connectivity index (χ2v) is 8.20. The van der Waals surface area contributed by atoms with Crippen molar-refractivity contribution in [2.45, 2.75) is 11.8 Å². The number of nitrogens with zero attached hydrogens (tertiary/aromatic N) is 1. The van der Waals surface area contributed by atoms with Gasteiger partial charge < -0.3 is 14.4 Å².